The average molecular weight is 152 g/mol. The van der Waals surface area contributed by atoms with Crippen LogP contribution in [-0.4, -0.2) is 24.0 Å². The van der Waals surface area contributed by atoms with Crippen molar-refractivity contribution in [2.24, 2.45) is 16.1 Å². The predicted octanol–water partition coefficient (Wildman–Crippen LogP) is -1.16. The van der Waals surface area contributed by atoms with E-state index in [1.807, 2.05) is 0 Å². The van der Waals surface area contributed by atoms with E-state index in [4.69, 9.17) is 0 Å². The lowest BCUT2D eigenvalue weighted by molar-refractivity contribution is -0.120. The molecule has 1 atom stereocenters. The van der Waals surface area contributed by atoms with E-state index in [0.29, 0.717) is 5.84 Å². The van der Waals surface area contributed by atoms with Gasteiger partial charge in [0.1, 0.15) is 5.92 Å². The van der Waals surface area contributed by atoms with Gasteiger partial charge in [0, 0.05) is 6.21 Å². The van der Waals surface area contributed by atoms with E-state index in [-0.39, 0.29) is 5.91 Å². The van der Waals surface area contributed by atoms with Gasteiger partial charge in [-0.2, -0.15) is 5.10 Å². The largest absolute Gasteiger partial charge is 0.326 e. The molecule has 2 aliphatic rings. The zero-order chi connectivity index (χ0) is 7.84. The number of hydrogen-bond donors (Lipinski definition) is 2. The fourth-order valence-corrected chi connectivity index (χ4v) is 0.927. The monoisotopic (exact) mass is 152 g/mol. The molecule has 0 radical (unpaired) electrons. The molecule has 0 spiro atoms. The molecule has 0 aromatic rings. The van der Waals surface area contributed by atoms with Crippen LogP contribution < -0.4 is 10.6 Å². The third-order valence-corrected chi connectivity index (χ3v) is 1.44. The summed E-state index contributed by atoms with van der Waals surface area (Å²) in [5.41, 5.74) is 0. The van der Waals surface area contributed by atoms with E-state index in [1.54, 1.807) is 0 Å². The highest BCUT2D eigenvalue weighted by Gasteiger charge is 2.33. The summed E-state index contributed by atoms with van der Waals surface area (Å²) in [6.45, 7) is 0. The standard InChI is InChI=1S/C5H4N4O2/c10-4-2-1-6-9-3(2)7-5(11)8-4/h1-2H,(H2,7,8,9,10,11)/t2-/m1/s1. The van der Waals surface area contributed by atoms with E-state index in [9.17, 15) is 9.59 Å². The predicted molar refractivity (Wildman–Crippen MR) is 36.1 cm³/mol. The Hall–Kier alpha value is -1.72. The molecule has 2 N–H and O–H groups in total. The molecule has 6 heteroatoms. The fourth-order valence-electron chi connectivity index (χ4n) is 0.927. The minimum Gasteiger partial charge on any atom is -0.293 e. The van der Waals surface area contributed by atoms with E-state index < -0.39 is 11.9 Å². The zero-order valence-electron chi connectivity index (χ0n) is 5.37. The Labute approximate surface area is 61.4 Å². The second-order valence-corrected chi connectivity index (χ2v) is 2.17. The van der Waals surface area contributed by atoms with E-state index >= 15 is 0 Å². The van der Waals surface area contributed by atoms with Gasteiger partial charge in [-0.15, -0.1) is 5.10 Å². The first-order valence-electron chi connectivity index (χ1n) is 3.00. The van der Waals surface area contributed by atoms with Crippen LogP contribution in [0.15, 0.2) is 10.2 Å². The molecule has 0 saturated carbocycles. The van der Waals surface area contributed by atoms with Crippen LogP contribution in [0.2, 0.25) is 0 Å². The third-order valence-electron chi connectivity index (χ3n) is 1.44. The first kappa shape index (κ1) is 6.02. The van der Waals surface area contributed by atoms with E-state index in [1.165, 1.54) is 6.21 Å². The van der Waals surface area contributed by atoms with Gasteiger partial charge in [-0.25, -0.2) is 4.79 Å². The zero-order valence-corrected chi connectivity index (χ0v) is 5.37. The third kappa shape index (κ3) is 0.794. The fraction of sp³-hybridized carbons (Fsp3) is 0.200. The number of carbonyl (C=O) groups is 2. The van der Waals surface area contributed by atoms with Crippen molar-refractivity contribution in [3.05, 3.63) is 0 Å². The van der Waals surface area contributed by atoms with Gasteiger partial charge in [0.05, 0.1) is 0 Å². The molecule has 2 heterocycles. The molecular formula is C5H4N4O2. The van der Waals surface area contributed by atoms with Crippen molar-refractivity contribution in [3.63, 3.8) is 0 Å². The highest BCUT2D eigenvalue weighted by atomic mass is 16.2. The molecule has 3 amide bonds. The van der Waals surface area contributed by atoms with Gasteiger partial charge in [0.2, 0.25) is 5.91 Å². The van der Waals surface area contributed by atoms with Crippen LogP contribution in [0.5, 0.6) is 0 Å². The van der Waals surface area contributed by atoms with Crippen LogP contribution in [0, 0.1) is 5.92 Å². The molecule has 0 bridgehead atoms. The van der Waals surface area contributed by atoms with Gasteiger partial charge in [0.15, 0.2) is 5.84 Å². The van der Waals surface area contributed by atoms with Crippen molar-refractivity contribution in [1.29, 1.82) is 0 Å². The molecular weight excluding hydrogens is 148 g/mol. The van der Waals surface area contributed by atoms with Gasteiger partial charge >= 0.3 is 6.03 Å². The van der Waals surface area contributed by atoms with Crippen molar-refractivity contribution < 1.29 is 9.59 Å². The first-order valence-corrected chi connectivity index (χ1v) is 3.00. The molecule has 1 saturated heterocycles. The normalized spacial score (nSPS) is 27.3. The van der Waals surface area contributed by atoms with E-state index in [0.717, 1.165) is 0 Å². The van der Waals surface area contributed by atoms with Crippen molar-refractivity contribution in [3.8, 4) is 0 Å². The van der Waals surface area contributed by atoms with Crippen molar-refractivity contribution in [2.45, 2.75) is 0 Å². The molecule has 1 fully saturated rings. The summed E-state index contributed by atoms with van der Waals surface area (Å²) in [4.78, 5) is 21.6. The van der Waals surface area contributed by atoms with Crippen LogP contribution in [0.1, 0.15) is 0 Å². The maximum absolute atomic E-state index is 10.9. The Balaban J connectivity index is 2.31. The molecule has 11 heavy (non-hydrogen) atoms. The number of rotatable bonds is 0. The SMILES string of the molecule is O=C1NC(=O)[C@@H]2C=NN=C2N1. The summed E-state index contributed by atoms with van der Waals surface area (Å²) >= 11 is 0. The summed E-state index contributed by atoms with van der Waals surface area (Å²) in [7, 11) is 0. The van der Waals surface area contributed by atoms with Gasteiger partial charge in [-0.3, -0.25) is 15.4 Å². The van der Waals surface area contributed by atoms with Gasteiger partial charge in [-0.05, 0) is 0 Å². The minimum atomic E-state index is -0.546. The number of imide groups is 1. The number of nitrogens with zero attached hydrogens (tertiary/aromatic N) is 2. The summed E-state index contributed by atoms with van der Waals surface area (Å²) in [5, 5.41) is 11.5. The van der Waals surface area contributed by atoms with Crippen molar-refractivity contribution in [2.75, 3.05) is 0 Å². The summed E-state index contributed by atoms with van der Waals surface area (Å²) < 4.78 is 0. The van der Waals surface area contributed by atoms with Crippen LogP contribution in [0.25, 0.3) is 0 Å². The smallest absolute Gasteiger partial charge is 0.293 e. The number of amidine groups is 1. The maximum atomic E-state index is 10.9. The van der Waals surface area contributed by atoms with Crippen molar-refractivity contribution >= 4 is 24.0 Å². The highest BCUT2D eigenvalue weighted by Crippen LogP contribution is 2.06. The lowest BCUT2D eigenvalue weighted by Crippen LogP contribution is -2.55. The Kier molecular flexibility index (Phi) is 1.03. The lowest BCUT2D eigenvalue weighted by Gasteiger charge is -2.16. The number of carbonyl (C=O) groups excluding carboxylic acids is 2. The molecule has 0 aromatic heterocycles. The van der Waals surface area contributed by atoms with Crippen LogP contribution in [-0.2, 0) is 4.79 Å². The minimum absolute atomic E-state index is 0.304. The first-order chi connectivity index (χ1) is 5.27. The quantitative estimate of drug-likeness (QED) is 0.459. The maximum Gasteiger partial charge on any atom is 0.326 e. The molecule has 6 nitrogen and oxygen atoms in total. The van der Waals surface area contributed by atoms with E-state index in [2.05, 4.69) is 20.8 Å². The highest BCUT2D eigenvalue weighted by molar-refractivity contribution is 6.26. The Morgan fingerprint density at radius 3 is 3.00 bits per heavy atom. The second-order valence-electron chi connectivity index (χ2n) is 2.17. The summed E-state index contributed by atoms with van der Waals surface area (Å²) in [6, 6.07) is -0.546. The van der Waals surface area contributed by atoms with Gasteiger partial charge in [0.25, 0.3) is 0 Å². The number of nitrogens with one attached hydrogen (secondary N) is 2. The lowest BCUT2D eigenvalue weighted by atomic mass is 10.1. The average Bonchev–Trinajstić information content (AvgIpc) is 2.34. The van der Waals surface area contributed by atoms with Crippen LogP contribution in [0.4, 0.5) is 4.79 Å². The summed E-state index contributed by atoms with van der Waals surface area (Å²) in [5.74, 6) is -0.583. The molecule has 56 valence electrons. The molecule has 2 aliphatic heterocycles. The van der Waals surface area contributed by atoms with Crippen LogP contribution in [0.3, 0.4) is 0 Å². The van der Waals surface area contributed by atoms with Crippen LogP contribution >= 0.6 is 0 Å². The number of hydrogen-bond acceptors (Lipinski definition) is 4. The summed E-state index contributed by atoms with van der Waals surface area (Å²) in [6.07, 6.45) is 1.38. The molecule has 2 rings (SSSR count). The molecule has 0 aromatic carbocycles. The number of fused-ring (bicyclic) bond motifs is 1. The Morgan fingerprint density at radius 2 is 2.18 bits per heavy atom. The number of urea groups is 1. The van der Waals surface area contributed by atoms with Gasteiger partial charge in [-0.1, -0.05) is 0 Å². The second kappa shape index (κ2) is 1.88. The molecule has 0 unspecified atom stereocenters. The topological polar surface area (TPSA) is 82.9 Å². The van der Waals surface area contributed by atoms with Gasteiger partial charge < -0.3 is 0 Å². The Morgan fingerprint density at radius 1 is 1.36 bits per heavy atom. The van der Waals surface area contributed by atoms with Crippen molar-refractivity contribution in [1.82, 2.24) is 10.6 Å². The Bertz CT molecular complexity index is 293. The number of amides is 3. The molecule has 0 aliphatic carbocycles.